The highest BCUT2D eigenvalue weighted by molar-refractivity contribution is 5.61. The molecule has 0 bridgehead atoms. The molecule has 0 atom stereocenters. The molecule has 0 unspecified atom stereocenters. The van der Waals surface area contributed by atoms with Gasteiger partial charge in [0.15, 0.2) is 0 Å². The molecule has 1 aromatic heterocycles. The Labute approximate surface area is 130 Å². The molecule has 1 aromatic carbocycles. The van der Waals surface area contributed by atoms with Gasteiger partial charge in [-0.25, -0.2) is 4.68 Å². The first kappa shape index (κ1) is 16.4. The van der Waals surface area contributed by atoms with Crippen LogP contribution in [0.15, 0.2) is 29.1 Å². The van der Waals surface area contributed by atoms with Crippen LogP contribution in [-0.4, -0.2) is 30.0 Å². The van der Waals surface area contributed by atoms with E-state index in [4.69, 9.17) is 4.74 Å². The molecule has 0 saturated heterocycles. The number of nitrogens with zero attached hydrogens (tertiary/aromatic N) is 2. The summed E-state index contributed by atoms with van der Waals surface area (Å²) in [4.78, 5) is 12.2. The van der Waals surface area contributed by atoms with E-state index in [-0.39, 0.29) is 5.56 Å². The molecular formula is C17H23N3O2. The van der Waals surface area contributed by atoms with Crippen molar-refractivity contribution in [1.82, 2.24) is 15.1 Å². The van der Waals surface area contributed by atoms with Crippen LogP contribution in [0.25, 0.3) is 11.3 Å². The number of aromatic nitrogens is 2. The number of aryl methyl sites for hydroxylation is 3. The molecule has 2 rings (SSSR count). The topological polar surface area (TPSA) is 56.1 Å². The molecule has 0 amide bonds. The summed E-state index contributed by atoms with van der Waals surface area (Å²) in [5, 5.41) is 7.57. The van der Waals surface area contributed by atoms with Crippen molar-refractivity contribution in [3.63, 3.8) is 0 Å². The maximum Gasteiger partial charge on any atom is 0.271 e. The van der Waals surface area contributed by atoms with Gasteiger partial charge in [0.05, 0.1) is 12.3 Å². The predicted molar refractivity (Wildman–Crippen MR) is 88.0 cm³/mol. The number of nitrogens with one attached hydrogen (secondary N) is 1. The highest BCUT2D eigenvalue weighted by Gasteiger charge is 2.08. The summed E-state index contributed by atoms with van der Waals surface area (Å²) in [6.45, 7) is 6.00. The van der Waals surface area contributed by atoms with Crippen LogP contribution >= 0.6 is 0 Å². The van der Waals surface area contributed by atoms with E-state index in [0.717, 1.165) is 11.3 Å². The lowest BCUT2D eigenvalue weighted by molar-refractivity contribution is 0.199. The first-order valence-corrected chi connectivity index (χ1v) is 7.37. The maximum atomic E-state index is 12.2. The van der Waals surface area contributed by atoms with E-state index in [0.29, 0.717) is 25.3 Å². The summed E-state index contributed by atoms with van der Waals surface area (Å²) >= 11 is 0. The van der Waals surface area contributed by atoms with Gasteiger partial charge < -0.3 is 10.1 Å². The summed E-state index contributed by atoms with van der Waals surface area (Å²) < 4.78 is 6.39. The van der Waals surface area contributed by atoms with Gasteiger partial charge in [0.2, 0.25) is 0 Å². The molecule has 2 aromatic rings. The van der Waals surface area contributed by atoms with Gasteiger partial charge in [0.25, 0.3) is 5.56 Å². The number of methoxy groups -OCH3 is 1. The third-order valence-electron chi connectivity index (χ3n) is 3.74. The van der Waals surface area contributed by atoms with E-state index in [1.165, 1.54) is 15.8 Å². The van der Waals surface area contributed by atoms with Gasteiger partial charge in [-0.1, -0.05) is 12.1 Å². The molecule has 5 heteroatoms. The minimum Gasteiger partial charge on any atom is -0.383 e. The number of benzene rings is 1. The molecular weight excluding hydrogens is 278 g/mol. The van der Waals surface area contributed by atoms with Crippen LogP contribution in [0.1, 0.15) is 16.7 Å². The lowest BCUT2D eigenvalue weighted by Gasteiger charge is -2.10. The zero-order valence-electron chi connectivity index (χ0n) is 13.6. The SMILES string of the molecule is COCCNCc1cc(-c2ccc(C)c(C)c2)nn(C)c1=O. The molecule has 1 heterocycles. The fourth-order valence-electron chi connectivity index (χ4n) is 2.24. The van der Waals surface area contributed by atoms with E-state index in [1.807, 2.05) is 12.1 Å². The second-order valence-electron chi connectivity index (χ2n) is 5.45. The predicted octanol–water partition coefficient (Wildman–Crippen LogP) is 1.80. The highest BCUT2D eigenvalue weighted by atomic mass is 16.5. The number of rotatable bonds is 6. The smallest absolute Gasteiger partial charge is 0.271 e. The highest BCUT2D eigenvalue weighted by Crippen LogP contribution is 2.20. The van der Waals surface area contributed by atoms with E-state index < -0.39 is 0 Å². The standard InChI is InChI=1S/C17H23N3O2/c1-12-5-6-14(9-13(12)2)16-10-15(11-18-7-8-22-4)17(21)20(3)19-16/h5-6,9-10,18H,7-8,11H2,1-4H3. The summed E-state index contributed by atoms with van der Waals surface area (Å²) in [6, 6.07) is 8.09. The van der Waals surface area contributed by atoms with Crippen LogP contribution in [0.3, 0.4) is 0 Å². The quantitative estimate of drug-likeness (QED) is 0.827. The zero-order valence-corrected chi connectivity index (χ0v) is 13.6. The Bertz CT molecular complexity index is 708. The Balaban J connectivity index is 2.30. The van der Waals surface area contributed by atoms with Gasteiger partial charge in [-0.2, -0.15) is 5.10 Å². The van der Waals surface area contributed by atoms with Gasteiger partial charge in [0, 0.05) is 38.4 Å². The zero-order chi connectivity index (χ0) is 16.1. The van der Waals surface area contributed by atoms with Crippen LogP contribution in [0, 0.1) is 13.8 Å². The Hall–Kier alpha value is -1.98. The fraction of sp³-hybridized carbons (Fsp3) is 0.412. The fourth-order valence-corrected chi connectivity index (χ4v) is 2.24. The molecule has 0 fully saturated rings. The molecule has 0 aliphatic heterocycles. The first-order valence-electron chi connectivity index (χ1n) is 7.37. The van der Waals surface area contributed by atoms with Crippen LogP contribution in [-0.2, 0) is 18.3 Å². The largest absolute Gasteiger partial charge is 0.383 e. The van der Waals surface area contributed by atoms with Crippen molar-refractivity contribution in [1.29, 1.82) is 0 Å². The van der Waals surface area contributed by atoms with Crippen molar-refractivity contribution >= 4 is 0 Å². The lowest BCUT2D eigenvalue weighted by atomic mass is 10.0. The second-order valence-corrected chi connectivity index (χ2v) is 5.45. The van der Waals surface area contributed by atoms with Crippen LogP contribution in [0.2, 0.25) is 0 Å². The van der Waals surface area contributed by atoms with Gasteiger partial charge >= 0.3 is 0 Å². The van der Waals surface area contributed by atoms with E-state index in [1.54, 1.807) is 14.2 Å². The average Bonchev–Trinajstić information content (AvgIpc) is 2.50. The Morgan fingerprint density at radius 3 is 2.68 bits per heavy atom. The third kappa shape index (κ3) is 3.81. The van der Waals surface area contributed by atoms with E-state index >= 15 is 0 Å². The molecule has 0 aliphatic rings. The third-order valence-corrected chi connectivity index (χ3v) is 3.74. The molecule has 22 heavy (non-hydrogen) atoms. The summed E-state index contributed by atoms with van der Waals surface area (Å²) in [5.74, 6) is 0. The molecule has 0 radical (unpaired) electrons. The molecule has 1 N–H and O–H groups in total. The van der Waals surface area contributed by atoms with Crippen molar-refractivity contribution in [2.45, 2.75) is 20.4 Å². The monoisotopic (exact) mass is 301 g/mol. The number of hydrogen-bond acceptors (Lipinski definition) is 4. The summed E-state index contributed by atoms with van der Waals surface area (Å²) in [6.07, 6.45) is 0. The van der Waals surface area contributed by atoms with Gasteiger partial charge in [-0.3, -0.25) is 4.79 Å². The lowest BCUT2D eigenvalue weighted by Crippen LogP contribution is -2.28. The normalized spacial score (nSPS) is 10.9. The van der Waals surface area contributed by atoms with E-state index in [9.17, 15) is 4.79 Å². The minimum atomic E-state index is -0.0718. The van der Waals surface area contributed by atoms with E-state index in [2.05, 4.69) is 36.4 Å². The summed E-state index contributed by atoms with van der Waals surface area (Å²) in [7, 11) is 3.34. The second kappa shape index (κ2) is 7.33. The molecule has 118 valence electrons. The Morgan fingerprint density at radius 1 is 1.23 bits per heavy atom. The minimum absolute atomic E-state index is 0.0718. The molecule has 0 aliphatic carbocycles. The Kier molecular flexibility index (Phi) is 5.46. The van der Waals surface area contributed by atoms with Gasteiger partial charge in [0.1, 0.15) is 0 Å². The van der Waals surface area contributed by atoms with Crippen molar-refractivity contribution in [2.24, 2.45) is 7.05 Å². The van der Waals surface area contributed by atoms with Crippen LogP contribution < -0.4 is 10.9 Å². The van der Waals surface area contributed by atoms with Crippen molar-refractivity contribution < 1.29 is 4.74 Å². The maximum absolute atomic E-state index is 12.2. The van der Waals surface area contributed by atoms with Crippen molar-refractivity contribution in [2.75, 3.05) is 20.3 Å². The van der Waals surface area contributed by atoms with Crippen LogP contribution in [0.4, 0.5) is 0 Å². The molecule has 0 spiro atoms. The first-order chi connectivity index (χ1) is 10.5. The van der Waals surface area contributed by atoms with Crippen LogP contribution in [0.5, 0.6) is 0 Å². The average molecular weight is 301 g/mol. The molecule has 5 nitrogen and oxygen atoms in total. The van der Waals surface area contributed by atoms with Crippen molar-refractivity contribution in [3.8, 4) is 11.3 Å². The Morgan fingerprint density at radius 2 is 2.00 bits per heavy atom. The number of hydrogen-bond donors (Lipinski definition) is 1. The number of ether oxygens (including phenoxy) is 1. The van der Waals surface area contributed by atoms with Gasteiger partial charge in [-0.15, -0.1) is 0 Å². The van der Waals surface area contributed by atoms with Gasteiger partial charge in [-0.05, 0) is 37.1 Å². The van der Waals surface area contributed by atoms with Crippen molar-refractivity contribution in [3.05, 3.63) is 51.3 Å². The summed E-state index contributed by atoms with van der Waals surface area (Å²) in [5.41, 5.74) is 4.94. The molecule has 0 saturated carbocycles.